The molecule has 0 aliphatic rings. The SMILES string of the molecule is Cc1cc(F)cc(Nc2ccc3cnccc3c2N)c1. The van der Waals surface area contributed by atoms with Crippen molar-refractivity contribution in [3.05, 3.63) is 60.2 Å². The number of hydrogen-bond donors (Lipinski definition) is 2. The number of aromatic nitrogens is 1. The first-order valence-electron chi connectivity index (χ1n) is 6.30. The maximum absolute atomic E-state index is 13.4. The Labute approximate surface area is 116 Å². The Hall–Kier alpha value is -2.62. The first-order valence-corrected chi connectivity index (χ1v) is 6.30. The summed E-state index contributed by atoms with van der Waals surface area (Å²) in [6, 6.07) is 10.5. The number of nitrogens with zero attached hydrogens (tertiary/aromatic N) is 1. The molecule has 0 aliphatic carbocycles. The van der Waals surface area contributed by atoms with Crippen molar-refractivity contribution < 1.29 is 4.39 Å². The van der Waals surface area contributed by atoms with Crippen LogP contribution in [-0.2, 0) is 0 Å². The van der Waals surface area contributed by atoms with Gasteiger partial charge in [0.05, 0.1) is 11.4 Å². The van der Waals surface area contributed by atoms with E-state index < -0.39 is 0 Å². The second-order valence-electron chi connectivity index (χ2n) is 4.77. The number of pyridine rings is 1. The molecule has 1 aromatic heterocycles. The second-order valence-corrected chi connectivity index (χ2v) is 4.77. The van der Waals surface area contributed by atoms with Crippen molar-refractivity contribution in [3.8, 4) is 0 Å². The van der Waals surface area contributed by atoms with Crippen LogP contribution in [0.25, 0.3) is 10.8 Å². The molecular formula is C16H14FN3. The topological polar surface area (TPSA) is 50.9 Å². The molecule has 3 rings (SSSR count). The number of rotatable bonds is 2. The monoisotopic (exact) mass is 267 g/mol. The molecule has 0 aliphatic heterocycles. The van der Waals surface area contributed by atoms with Gasteiger partial charge in [0.1, 0.15) is 5.82 Å². The lowest BCUT2D eigenvalue weighted by molar-refractivity contribution is 0.627. The summed E-state index contributed by atoms with van der Waals surface area (Å²) in [6.07, 6.45) is 3.47. The van der Waals surface area contributed by atoms with Gasteiger partial charge in [-0.25, -0.2) is 4.39 Å². The largest absolute Gasteiger partial charge is 0.397 e. The lowest BCUT2D eigenvalue weighted by Gasteiger charge is -2.12. The Bertz CT molecular complexity index is 764. The van der Waals surface area contributed by atoms with Gasteiger partial charge in [0.15, 0.2) is 0 Å². The van der Waals surface area contributed by atoms with E-state index in [0.29, 0.717) is 11.4 Å². The van der Waals surface area contributed by atoms with Crippen LogP contribution in [0.5, 0.6) is 0 Å². The highest BCUT2D eigenvalue weighted by Gasteiger charge is 2.05. The zero-order chi connectivity index (χ0) is 14.1. The Morgan fingerprint density at radius 1 is 1.15 bits per heavy atom. The smallest absolute Gasteiger partial charge is 0.125 e. The summed E-state index contributed by atoms with van der Waals surface area (Å²) in [5.74, 6) is -0.268. The van der Waals surface area contributed by atoms with Gasteiger partial charge in [0, 0.05) is 28.9 Å². The van der Waals surface area contributed by atoms with E-state index in [1.807, 2.05) is 31.2 Å². The molecule has 0 unspecified atom stereocenters. The van der Waals surface area contributed by atoms with Gasteiger partial charge in [0.25, 0.3) is 0 Å². The standard InChI is InChI=1S/C16H14FN3/c1-10-6-12(17)8-13(7-10)20-15-3-2-11-9-19-5-4-14(11)16(15)18/h2-9,20H,18H2,1H3. The van der Waals surface area contributed by atoms with Crippen molar-refractivity contribution in [2.45, 2.75) is 6.92 Å². The molecule has 0 fully saturated rings. The third-order valence-corrected chi connectivity index (χ3v) is 3.18. The summed E-state index contributed by atoms with van der Waals surface area (Å²) in [4.78, 5) is 4.07. The van der Waals surface area contributed by atoms with Crippen molar-refractivity contribution in [2.24, 2.45) is 0 Å². The normalized spacial score (nSPS) is 10.7. The summed E-state index contributed by atoms with van der Waals surface area (Å²) < 4.78 is 13.4. The fourth-order valence-corrected chi connectivity index (χ4v) is 2.27. The molecule has 0 bridgehead atoms. The van der Waals surface area contributed by atoms with Gasteiger partial charge in [-0.2, -0.15) is 0 Å². The van der Waals surface area contributed by atoms with E-state index in [-0.39, 0.29) is 5.82 Å². The number of benzene rings is 2. The maximum atomic E-state index is 13.4. The number of nitrogens with one attached hydrogen (secondary N) is 1. The third kappa shape index (κ3) is 2.28. The minimum absolute atomic E-state index is 0.268. The molecule has 100 valence electrons. The van der Waals surface area contributed by atoms with Gasteiger partial charge in [-0.1, -0.05) is 6.07 Å². The van der Waals surface area contributed by atoms with Crippen LogP contribution < -0.4 is 11.1 Å². The van der Waals surface area contributed by atoms with Crippen LogP contribution in [0.2, 0.25) is 0 Å². The van der Waals surface area contributed by atoms with Crippen LogP contribution >= 0.6 is 0 Å². The molecule has 20 heavy (non-hydrogen) atoms. The molecule has 3 aromatic rings. The van der Waals surface area contributed by atoms with Gasteiger partial charge < -0.3 is 11.1 Å². The van der Waals surface area contributed by atoms with Crippen molar-refractivity contribution in [1.82, 2.24) is 4.98 Å². The second kappa shape index (κ2) is 4.81. The molecule has 0 atom stereocenters. The van der Waals surface area contributed by atoms with E-state index in [1.165, 1.54) is 12.1 Å². The zero-order valence-electron chi connectivity index (χ0n) is 11.0. The van der Waals surface area contributed by atoms with Crippen molar-refractivity contribution in [3.63, 3.8) is 0 Å². The summed E-state index contributed by atoms with van der Waals surface area (Å²) >= 11 is 0. The van der Waals surface area contributed by atoms with E-state index in [2.05, 4.69) is 10.3 Å². The molecule has 3 nitrogen and oxygen atoms in total. The van der Waals surface area contributed by atoms with Crippen molar-refractivity contribution >= 4 is 27.8 Å². The third-order valence-electron chi connectivity index (χ3n) is 3.18. The first kappa shape index (κ1) is 12.4. The van der Waals surface area contributed by atoms with E-state index >= 15 is 0 Å². The van der Waals surface area contributed by atoms with Crippen LogP contribution in [0, 0.1) is 12.7 Å². The Kier molecular flexibility index (Phi) is 2.99. The van der Waals surface area contributed by atoms with Gasteiger partial charge in [-0.05, 0) is 42.8 Å². The Morgan fingerprint density at radius 3 is 2.80 bits per heavy atom. The van der Waals surface area contributed by atoms with Crippen molar-refractivity contribution in [2.75, 3.05) is 11.1 Å². The quantitative estimate of drug-likeness (QED) is 0.690. The summed E-state index contributed by atoms with van der Waals surface area (Å²) in [6.45, 7) is 1.85. The fraction of sp³-hybridized carbons (Fsp3) is 0.0625. The number of fused-ring (bicyclic) bond motifs is 1. The van der Waals surface area contributed by atoms with Crippen LogP contribution in [0.4, 0.5) is 21.5 Å². The van der Waals surface area contributed by atoms with Gasteiger partial charge in [-0.15, -0.1) is 0 Å². The highest BCUT2D eigenvalue weighted by Crippen LogP contribution is 2.30. The molecule has 0 amide bonds. The number of aryl methyl sites for hydroxylation is 1. The summed E-state index contributed by atoms with van der Waals surface area (Å²) in [5.41, 5.74) is 9.09. The van der Waals surface area contributed by atoms with E-state index in [4.69, 9.17) is 5.73 Å². The predicted molar refractivity (Wildman–Crippen MR) is 80.6 cm³/mol. The van der Waals surface area contributed by atoms with Crippen molar-refractivity contribution in [1.29, 1.82) is 0 Å². The highest BCUT2D eigenvalue weighted by atomic mass is 19.1. The van der Waals surface area contributed by atoms with Crippen LogP contribution in [0.15, 0.2) is 48.8 Å². The van der Waals surface area contributed by atoms with Crippen LogP contribution in [0.1, 0.15) is 5.56 Å². The number of halogens is 1. The predicted octanol–water partition coefficient (Wildman–Crippen LogP) is 4.01. The number of nitrogens with two attached hydrogens (primary N) is 1. The van der Waals surface area contributed by atoms with Gasteiger partial charge in [0.2, 0.25) is 0 Å². The molecular weight excluding hydrogens is 253 g/mol. The average Bonchev–Trinajstić information content (AvgIpc) is 2.41. The lowest BCUT2D eigenvalue weighted by Crippen LogP contribution is -1.98. The number of hydrogen-bond acceptors (Lipinski definition) is 3. The molecule has 4 heteroatoms. The fourth-order valence-electron chi connectivity index (χ4n) is 2.27. The summed E-state index contributed by atoms with van der Waals surface area (Å²) in [7, 11) is 0. The molecule has 0 spiro atoms. The molecule has 3 N–H and O–H groups in total. The van der Waals surface area contributed by atoms with Crippen LogP contribution in [0.3, 0.4) is 0 Å². The average molecular weight is 267 g/mol. The number of anilines is 3. The van der Waals surface area contributed by atoms with Gasteiger partial charge in [-0.3, -0.25) is 4.98 Å². The molecule has 0 radical (unpaired) electrons. The molecule has 0 saturated carbocycles. The summed E-state index contributed by atoms with van der Waals surface area (Å²) in [5, 5.41) is 5.07. The lowest BCUT2D eigenvalue weighted by atomic mass is 10.1. The minimum atomic E-state index is -0.268. The van der Waals surface area contributed by atoms with E-state index in [9.17, 15) is 4.39 Å². The van der Waals surface area contributed by atoms with Gasteiger partial charge >= 0.3 is 0 Å². The van der Waals surface area contributed by atoms with Crippen LogP contribution in [-0.4, -0.2) is 4.98 Å². The Balaban J connectivity index is 2.04. The minimum Gasteiger partial charge on any atom is -0.397 e. The Morgan fingerprint density at radius 2 is 2.00 bits per heavy atom. The first-order chi connectivity index (χ1) is 9.63. The highest BCUT2D eigenvalue weighted by molar-refractivity contribution is 5.99. The molecule has 0 saturated heterocycles. The maximum Gasteiger partial charge on any atom is 0.125 e. The zero-order valence-corrected chi connectivity index (χ0v) is 11.0. The molecule has 2 aromatic carbocycles. The molecule has 1 heterocycles. The van der Waals surface area contributed by atoms with E-state index in [1.54, 1.807) is 12.4 Å². The number of nitrogen functional groups attached to an aromatic ring is 1. The van der Waals surface area contributed by atoms with E-state index in [0.717, 1.165) is 22.0 Å².